The second-order valence-electron chi connectivity index (χ2n) is 17.1. The predicted molar refractivity (Wildman–Crippen MR) is 228 cm³/mol. The van der Waals surface area contributed by atoms with E-state index in [-0.39, 0.29) is 72.5 Å². The van der Waals surface area contributed by atoms with Gasteiger partial charge in [0.05, 0.1) is 24.7 Å². The topological polar surface area (TPSA) is 152 Å². The second-order valence-corrected chi connectivity index (χ2v) is 19.7. The average molecular weight is 817 g/mol. The minimum atomic E-state index is -3.98. The summed E-state index contributed by atoms with van der Waals surface area (Å²) in [4.78, 5) is 78.6. The fraction of sp³-hybridized carbons (Fsp3) is 0.744. The van der Waals surface area contributed by atoms with Gasteiger partial charge >= 0.3 is 0 Å². The molecule has 2 amide bonds. The number of ether oxygens (including phenoxy) is 1. The first-order chi connectivity index (χ1) is 26.8. The van der Waals surface area contributed by atoms with Gasteiger partial charge in [-0.25, -0.2) is 4.99 Å². The van der Waals surface area contributed by atoms with Crippen molar-refractivity contribution in [2.45, 2.75) is 117 Å². The molecular weight excluding hydrogens is 743 g/mol. The van der Waals surface area contributed by atoms with Crippen molar-refractivity contribution in [2.24, 2.45) is 28.7 Å². The molecule has 0 saturated carbocycles. The van der Waals surface area contributed by atoms with E-state index in [0.717, 1.165) is 57.0 Å². The average Bonchev–Trinajstić information content (AvgIpc) is 3.67. The Balaban J connectivity index is 1.81. The number of likely N-dealkylation sites (N-methyl/N-ethyl adjacent to an activating group) is 1. The molecule has 1 aromatic carbocycles. The Morgan fingerprint density at radius 2 is 1.63 bits per heavy atom. The molecule has 322 valence electrons. The Bertz CT molecular complexity index is 1550. The number of nitrogens with zero attached hydrogens (tertiary/aromatic N) is 5. The molecule has 9 atom stereocenters. The highest BCUT2D eigenvalue weighted by molar-refractivity contribution is 7.59. The normalized spacial score (nSPS) is 21.2. The summed E-state index contributed by atoms with van der Waals surface area (Å²) in [6.07, 6.45) is 1.43. The van der Waals surface area contributed by atoms with Crippen LogP contribution in [0.15, 0.2) is 35.3 Å². The summed E-state index contributed by atoms with van der Waals surface area (Å²) in [5.41, 5.74) is -0.0532. The van der Waals surface area contributed by atoms with Gasteiger partial charge in [-0.1, -0.05) is 78.3 Å². The molecule has 1 aromatic rings. The molecule has 1 unspecified atom stereocenters. The van der Waals surface area contributed by atoms with Crippen LogP contribution in [0, 0.1) is 23.7 Å². The molecule has 13 nitrogen and oxygen atoms in total. The Hall–Kier alpha value is -3.12. The van der Waals surface area contributed by atoms with E-state index in [4.69, 9.17) is 9.73 Å². The van der Waals surface area contributed by atoms with E-state index in [1.807, 2.05) is 81.9 Å². The number of ketones is 2. The monoisotopic (exact) mass is 817 g/mol. The number of benzene rings is 1. The molecular formula is C43H73N6O7P. The third kappa shape index (κ3) is 13.2. The van der Waals surface area contributed by atoms with E-state index in [2.05, 4.69) is 24.1 Å². The van der Waals surface area contributed by atoms with Crippen molar-refractivity contribution in [2.75, 3.05) is 67.1 Å². The summed E-state index contributed by atoms with van der Waals surface area (Å²) in [5.74, 6) is -0.692. The van der Waals surface area contributed by atoms with E-state index in [1.54, 1.807) is 19.1 Å². The third-order valence-corrected chi connectivity index (χ3v) is 14.7. The number of amides is 2. The summed E-state index contributed by atoms with van der Waals surface area (Å²) < 4.78 is 19.6. The molecule has 3 rings (SSSR count). The number of carbonyl (C=O) groups is 4. The Labute approximate surface area is 342 Å². The van der Waals surface area contributed by atoms with Crippen molar-refractivity contribution in [3.63, 3.8) is 0 Å². The molecule has 2 heterocycles. The number of rotatable bonds is 20. The van der Waals surface area contributed by atoms with Gasteiger partial charge in [-0.15, -0.1) is 0 Å². The summed E-state index contributed by atoms with van der Waals surface area (Å²) in [6.45, 7) is 17.2. The lowest BCUT2D eigenvalue weighted by atomic mass is 9.83. The van der Waals surface area contributed by atoms with E-state index >= 15 is 0 Å². The number of hydrogen-bond donors (Lipinski definition) is 2. The molecule has 2 aliphatic heterocycles. The highest BCUT2D eigenvalue weighted by Gasteiger charge is 2.42. The number of piperazine rings is 1. The maximum Gasteiger partial charge on any atom is 0.247 e. The molecule has 0 aliphatic carbocycles. The van der Waals surface area contributed by atoms with Crippen LogP contribution in [0.3, 0.4) is 0 Å². The standard InChI is InChI=1S/C43H73N6O7P/c1-12-30(4)41(47(10)42(53)40(29(2)3)45-43(46(8)9)48-23-20-44-21-24-48)38(56-11)27-39(52)49-22-16-19-36(49)32(6)33(7)37(51)26-35(57(54,55)28-31(5)50)25-34-17-14-13-15-18-34/h13-15,17-18,29-30,32-33,35-36,38,40-41,44H,12,16,19-28H2,1-11H3,(H,54,55)/t30-,32+,33+,35+,36-,38+,40-,41-/m0/s1. The van der Waals surface area contributed by atoms with E-state index in [0.29, 0.717) is 6.54 Å². The number of Topliss-reactive ketones (excluding diaryl/α,β-unsaturated/α-hetero) is 2. The van der Waals surface area contributed by atoms with Gasteiger partial charge in [0.1, 0.15) is 17.6 Å². The zero-order valence-corrected chi connectivity index (χ0v) is 37.5. The fourth-order valence-corrected chi connectivity index (χ4v) is 10.4. The lowest BCUT2D eigenvalue weighted by Crippen LogP contribution is -2.55. The molecule has 0 aromatic heterocycles. The van der Waals surface area contributed by atoms with Crippen molar-refractivity contribution in [3.8, 4) is 0 Å². The number of guanidine groups is 1. The number of aliphatic imine (C=N–C) groups is 1. The SMILES string of the molecule is CC[C@H](C)[C@@H]([C@@H](CC(=O)N1CCC[C@H]1[C@H](C)[C@@H](C)C(=O)C[C@@H](Cc1ccccc1)P(=O)(O)CC(C)=O)OC)N(C)C(=O)[C@@H](N=C(N(C)C)N1CCNCC1)C(C)C. The number of carbonyl (C=O) groups excluding carboxylic acids is 4. The summed E-state index contributed by atoms with van der Waals surface area (Å²) >= 11 is 0. The molecule has 0 bridgehead atoms. The van der Waals surface area contributed by atoms with Gasteiger partial charge in [-0.3, -0.25) is 23.7 Å². The van der Waals surface area contributed by atoms with E-state index in [1.165, 1.54) is 6.92 Å². The summed E-state index contributed by atoms with van der Waals surface area (Å²) in [7, 11) is 3.34. The van der Waals surface area contributed by atoms with Gasteiger partial charge in [0.2, 0.25) is 19.2 Å². The van der Waals surface area contributed by atoms with Crippen LogP contribution in [0.25, 0.3) is 0 Å². The van der Waals surface area contributed by atoms with Crippen LogP contribution >= 0.6 is 7.37 Å². The first-order valence-corrected chi connectivity index (χ1v) is 22.9. The van der Waals surface area contributed by atoms with Crippen molar-refractivity contribution in [1.82, 2.24) is 24.9 Å². The zero-order chi connectivity index (χ0) is 42.6. The second kappa shape index (κ2) is 22.3. The number of likely N-dealkylation sites (tertiary alicyclic amines) is 1. The number of nitrogens with one attached hydrogen (secondary N) is 1. The maximum atomic E-state index is 14.5. The van der Waals surface area contributed by atoms with Crippen LogP contribution in [-0.2, 0) is 34.9 Å². The molecule has 14 heteroatoms. The Morgan fingerprint density at radius 3 is 2.18 bits per heavy atom. The first kappa shape index (κ1) is 48.3. The van der Waals surface area contributed by atoms with Crippen LogP contribution < -0.4 is 5.32 Å². The lowest BCUT2D eigenvalue weighted by Gasteiger charge is -2.40. The summed E-state index contributed by atoms with van der Waals surface area (Å²) in [6, 6.07) is 8.06. The van der Waals surface area contributed by atoms with Gasteiger partial charge in [0, 0.05) is 85.0 Å². The molecule has 2 saturated heterocycles. The quantitative estimate of drug-likeness (QED) is 0.107. The van der Waals surface area contributed by atoms with Crippen LogP contribution in [-0.4, -0.2) is 151 Å². The molecule has 0 spiro atoms. The Kier molecular flexibility index (Phi) is 18.9. The Morgan fingerprint density at radius 1 is 1.00 bits per heavy atom. The molecule has 2 fully saturated rings. The van der Waals surface area contributed by atoms with Crippen molar-refractivity contribution < 1.29 is 33.4 Å². The largest absolute Gasteiger partial charge is 0.379 e. The molecule has 2 aliphatic rings. The first-order valence-electron chi connectivity index (χ1n) is 21.0. The molecule has 2 N–H and O–H groups in total. The lowest BCUT2D eigenvalue weighted by molar-refractivity contribution is -0.144. The van der Waals surface area contributed by atoms with Crippen molar-refractivity contribution >= 4 is 36.7 Å². The number of methoxy groups -OCH3 is 1. The van der Waals surface area contributed by atoms with Gasteiger partial charge in [-0.05, 0) is 49.5 Å². The van der Waals surface area contributed by atoms with Crippen LogP contribution in [0.1, 0.15) is 86.1 Å². The third-order valence-electron chi connectivity index (χ3n) is 12.3. The molecule has 57 heavy (non-hydrogen) atoms. The van der Waals surface area contributed by atoms with Gasteiger partial charge < -0.3 is 34.5 Å². The van der Waals surface area contributed by atoms with Crippen LogP contribution in [0.2, 0.25) is 0 Å². The van der Waals surface area contributed by atoms with E-state index in [9.17, 15) is 28.6 Å². The highest BCUT2D eigenvalue weighted by Crippen LogP contribution is 2.49. The fourth-order valence-electron chi connectivity index (χ4n) is 8.57. The maximum absolute atomic E-state index is 14.5. The zero-order valence-electron chi connectivity index (χ0n) is 36.6. The van der Waals surface area contributed by atoms with Crippen molar-refractivity contribution in [1.29, 1.82) is 0 Å². The number of hydrogen-bond acceptors (Lipinski definition) is 8. The van der Waals surface area contributed by atoms with Gasteiger partial charge in [0.25, 0.3) is 0 Å². The molecule has 0 radical (unpaired) electrons. The van der Waals surface area contributed by atoms with E-state index < -0.39 is 37.3 Å². The van der Waals surface area contributed by atoms with Crippen LogP contribution in [0.5, 0.6) is 0 Å². The predicted octanol–water partition coefficient (Wildman–Crippen LogP) is 4.81. The van der Waals surface area contributed by atoms with Gasteiger partial charge in [-0.2, -0.15) is 0 Å². The smallest absolute Gasteiger partial charge is 0.247 e. The minimum Gasteiger partial charge on any atom is -0.379 e. The van der Waals surface area contributed by atoms with Crippen LogP contribution in [0.4, 0.5) is 0 Å². The summed E-state index contributed by atoms with van der Waals surface area (Å²) in [5, 5.41) is 3.38. The van der Waals surface area contributed by atoms with Gasteiger partial charge in [0.15, 0.2) is 5.96 Å². The minimum absolute atomic E-state index is 0.0234. The highest BCUT2D eigenvalue weighted by atomic mass is 31.2. The van der Waals surface area contributed by atoms with Crippen molar-refractivity contribution in [3.05, 3.63) is 35.9 Å².